The minimum atomic E-state index is -1.51. The van der Waals surface area contributed by atoms with Crippen LogP contribution in [0.1, 0.15) is 20.3 Å². The molecule has 0 heterocycles. The molecule has 1 aliphatic carbocycles. The molecule has 15 heavy (non-hydrogen) atoms. The Balaban J connectivity index is 3.17. The lowest BCUT2D eigenvalue weighted by molar-refractivity contribution is -0.187. The molecule has 0 aromatic rings. The fourth-order valence-electron chi connectivity index (χ4n) is 2.05. The van der Waals surface area contributed by atoms with E-state index in [-0.39, 0.29) is 6.42 Å². The third-order valence-electron chi connectivity index (χ3n) is 3.61. The van der Waals surface area contributed by atoms with Crippen LogP contribution >= 0.6 is 23.2 Å². The van der Waals surface area contributed by atoms with E-state index in [0.717, 1.165) is 0 Å². The van der Waals surface area contributed by atoms with Gasteiger partial charge in [0.05, 0.1) is 16.7 Å². The number of hydrogen-bond acceptors (Lipinski definition) is 3. The first kappa shape index (κ1) is 12.5. The second-order valence-electron chi connectivity index (χ2n) is 4.17. The van der Waals surface area contributed by atoms with E-state index in [1.165, 1.54) is 13.8 Å². The van der Waals surface area contributed by atoms with Crippen molar-refractivity contribution in [2.45, 2.75) is 20.3 Å². The van der Waals surface area contributed by atoms with Crippen molar-refractivity contribution in [3.63, 3.8) is 0 Å². The summed E-state index contributed by atoms with van der Waals surface area (Å²) >= 11 is 10.6. The largest absolute Gasteiger partial charge is 0.481 e. The van der Waals surface area contributed by atoms with Gasteiger partial charge in [0, 0.05) is 0 Å². The quantitative estimate of drug-likeness (QED) is 0.776. The molecule has 1 aliphatic rings. The molecule has 0 bridgehead atoms. The predicted octanol–water partition coefficient (Wildman–Crippen LogP) is 1.63. The molecule has 0 aliphatic heterocycles. The maximum atomic E-state index is 11.2. The Bertz CT molecular complexity index is 354. The van der Waals surface area contributed by atoms with Gasteiger partial charge in [0.15, 0.2) is 0 Å². The van der Waals surface area contributed by atoms with Crippen LogP contribution in [0.5, 0.6) is 0 Å². The highest BCUT2D eigenvalue weighted by Gasteiger charge is 2.69. The molecule has 1 saturated carbocycles. The molecule has 0 radical (unpaired) electrons. The average molecular weight is 253 g/mol. The highest BCUT2D eigenvalue weighted by atomic mass is 35.5. The van der Waals surface area contributed by atoms with Crippen LogP contribution in [0.25, 0.3) is 0 Å². The number of carbonyl (C=O) groups is 3. The highest BCUT2D eigenvalue weighted by molar-refractivity contribution is 6.66. The van der Waals surface area contributed by atoms with Crippen molar-refractivity contribution in [2.75, 3.05) is 0 Å². The van der Waals surface area contributed by atoms with E-state index in [4.69, 9.17) is 28.3 Å². The Morgan fingerprint density at radius 2 is 1.73 bits per heavy atom. The molecule has 0 amide bonds. The number of halogens is 2. The minimum Gasteiger partial charge on any atom is -0.481 e. The topological polar surface area (TPSA) is 71.4 Å². The number of carboxylic acid groups (broad SMARTS) is 1. The third-order valence-corrected chi connectivity index (χ3v) is 4.29. The van der Waals surface area contributed by atoms with Crippen LogP contribution in [-0.4, -0.2) is 21.6 Å². The smallest absolute Gasteiger partial charge is 0.311 e. The van der Waals surface area contributed by atoms with Crippen molar-refractivity contribution in [1.82, 2.24) is 0 Å². The summed E-state index contributed by atoms with van der Waals surface area (Å²) in [5.41, 5.74) is -2.74. The van der Waals surface area contributed by atoms with Crippen molar-refractivity contribution in [3.05, 3.63) is 0 Å². The van der Waals surface area contributed by atoms with Gasteiger partial charge in [-0.2, -0.15) is 0 Å². The Morgan fingerprint density at radius 3 is 2.00 bits per heavy atom. The normalized spacial score (nSPS) is 39.3. The second-order valence-corrected chi connectivity index (χ2v) is 4.89. The van der Waals surface area contributed by atoms with E-state index >= 15 is 0 Å². The van der Waals surface area contributed by atoms with Crippen LogP contribution < -0.4 is 0 Å². The highest BCUT2D eigenvalue weighted by Crippen LogP contribution is 2.62. The predicted molar refractivity (Wildman–Crippen MR) is 53.7 cm³/mol. The van der Waals surface area contributed by atoms with E-state index in [0.29, 0.717) is 0 Å². The lowest BCUT2D eigenvalue weighted by Gasteiger charge is -2.55. The zero-order valence-corrected chi connectivity index (χ0v) is 9.72. The molecule has 1 N–H and O–H groups in total. The molecule has 3 unspecified atom stereocenters. The summed E-state index contributed by atoms with van der Waals surface area (Å²) in [6.07, 6.45) is 0.0838. The lowest BCUT2D eigenvalue weighted by Crippen LogP contribution is -2.63. The maximum absolute atomic E-state index is 11.2. The van der Waals surface area contributed by atoms with Crippen LogP contribution in [0.4, 0.5) is 0 Å². The van der Waals surface area contributed by atoms with Gasteiger partial charge in [0.2, 0.25) is 10.5 Å². The molecule has 4 nitrogen and oxygen atoms in total. The molecular weight excluding hydrogens is 243 g/mol. The Labute approximate surface area is 96.5 Å². The van der Waals surface area contributed by atoms with Gasteiger partial charge in [-0.25, -0.2) is 0 Å². The first-order chi connectivity index (χ1) is 6.68. The van der Waals surface area contributed by atoms with E-state index in [9.17, 15) is 14.4 Å². The van der Waals surface area contributed by atoms with Crippen molar-refractivity contribution < 1.29 is 19.5 Å². The van der Waals surface area contributed by atoms with E-state index in [1.54, 1.807) is 0 Å². The van der Waals surface area contributed by atoms with Crippen molar-refractivity contribution >= 4 is 39.7 Å². The maximum Gasteiger partial charge on any atom is 0.311 e. The van der Waals surface area contributed by atoms with Crippen LogP contribution in [-0.2, 0) is 14.4 Å². The number of aliphatic carboxylic acids is 1. The van der Waals surface area contributed by atoms with Crippen molar-refractivity contribution in [3.8, 4) is 0 Å². The van der Waals surface area contributed by atoms with Gasteiger partial charge in [0.1, 0.15) is 0 Å². The van der Waals surface area contributed by atoms with Crippen LogP contribution in [0.15, 0.2) is 0 Å². The Hall–Kier alpha value is -0.610. The number of carbonyl (C=O) groups excluding carboxylic acids is 2. The summed E-state index contributed by atoms with van der Waals surface area (Å²) < 4.78 is 0. The average Bonchev–Trinajstić information content (AvgIpc) is 2.10. The molecule has 0 spiro atoms. The molecular formula is C9H10Cl2O4. The van der Waals surface area contributed by atoms with Crippen LogP contribution in [0, 0.1) is 16.7 Å². The SMILES string of the molecule is CC1(C(=O)Cl)CC(C(=O)Cl)C1(C)C(=O)O. The summed E-state index contributed by atoms with van der Waals surface area (Å²) in [4.78, 5) is 33.3. The first-order valence-electron chi connectivity index (χ1n) is 4.30. The fourth-order valence-corrected chi connectivity index (χ4v) is 2.62. The minimum absolute atomic E-state index is 0.0838. The molecule has 0 aromatic heterocycles. The van der Waals surface area contributed by atoms with Crippen LogP contribution in [0.2, 0.25) is 0 Å². The Kier molecular flexibility index (Phi) is 2.87. The van der Waals surface area contributed by atoms with Crippen molar-refractivity contribution in [2.24, 2.45) is 16.7 Å². The summed E-state index contributed by atoms with van der Waals surface area (Å²) in [6, 6.07) is 0. The molecule has 3 atom stereocenters. The number of rotatable bonds is 3. The van der Waals surface area contributed by atoms with Gasteiger partial charge in [-0.3, -0.25) is 14.4 Å². The molecule has 1 fully saturated rings. The standard InChI is InChI=1S/C9H10Cl2O4/c1-8(6(11)13)3-4(5(10)12)9(8,2)7(14)15/h4H,3H2,1-2H3,(H,14,15). The molecule has 84 valence electrons. The van der Waals surface area contributed by atoms with Gasteiger partial charge in [-0.05, 0) is 36.5 Å². The van der Waals surface area contributed by atoms with Gasteiger partial charge in [0.25, 0.3) is 0 Å². The molecule has 0 aromatic carbocycles. The third kappa shape index (κ3) is 1.39. The molecule has 6 heteroatoms. The van der Waals surface area contributed by atoms with Gasteiger partial charge in [-0.1, -0.05) is 6.92 Å². The molecule has 1 rings (SSSR count). The van der Waals surface area contributed by atoms with E-state index < -0.39 is 33.2 Å². The fraction of sp³-hybridized carbons (Fsp3) is 0.667. The van der Waals surface area contributed by atoms with Crippen molar-refractivity contribution in [1.29, 1.82) is 0 Å². The summed E-state index contributed by atoms with van der Waals surface area (Å²) in [7, 11) is 0. The van der Waals surface area contributed by atoms with Gasteiger partial charge >= 0.3 is 5.97 Å². The second kappa shape index (κ2) is 3.46. The molecule has 0 saturated heterocycles. The summed E-state index contributed by atoms with van der Waals surface area (Å²) in [5, 5.41) is 7.59. The summed E-state index contributed by atoms with van der Waals surface area (Å²) in [5.74, 6) is -2.09. The summed E-state index contributed by atoms with van der Waals surface area (Å²) in [6.45, 7) is 2.76. The zero-order chi connectivity index (χ0) is 12.0. The number of hydrogen-bond donors (Lipinski definition) is 1. The van der Waals surface area contributed by atoms with E-state index in [2.05, 4.69) is 0 Å². The number of carboxylic acids is 1. The van der Waals surface area contributed by atoms with Gasteiger partial charge in [-0.15, -0.1) is 0 Å². The van der Waals surface area contributed by atoms with Gasteiger partial charge < -0.3 is 5.11 Å². The van der Waals surface area contributed by atoms with Crippen LogP contribution in [0.3, 0.4) is 0 Å². The Morgan fingerprint density at radius 1 is 1.27 bits per heavy atom. The van der Waals surface area contributed by atoms with E-state index in [1.807, 2.05) is 0 Å². The lowest BCUT2D eigenvalue weighted by atomic mass is 9.45. The first-order valence-corrected chi connectivity index (χ1v) is 5.06. The zero-order valence-electron chi connectivity index (χ0n) is 8.21. The monoisotopic (exact) mass is 252 g/mol.